The maximum absolute atomic E-state index is 12.3. The van der Waals surface area contributed by atoms with Gasteiger partial charge in [-0.3, -0.25) is 14.4 Å². The second-order valence-corrected chi connectivity index (χ2v) is 11.2. The summed E-state index contributed by atoms with van der Waals surface area (Å²) in [5.74, 6) is 2.07. The van der Waals surface area contributed by atoms with Crippen LogP contribution in [-0.4, -0.2) is 28.9 Å². The number of esters is 1. The van der Waals surface area contributed by atoms with Crippen LogP contribution in [0, 0.1) is 40.4 Å². The third kappa shape index (κ3) is 3.60. The fourth-order valence-corrected chi connectivity index (χ4v) is 8.45. The Bertz CT molecular complexity index is 716. The topological polar surface area (TPSA) is 80.7 Å². The maximum atomic E-state index is 12.3. The first-order valence-electron chi connectivity index (χ1n) is 12.1. The number of ketones is 1. The number of carboxylic acid groups (broad SMARTS) is 1. The molecule has 4 fully saturated rings. The SMILES string of the molecule is CC(=O)C1CC[C@H]2[C@@H]3CC[C@@H]4C[C@H](OC(=O)CCC(=O)O)CC[C@]4(C)[C@H]3CC[C@]12C. The second kappa shape index (κ2) is 7.94. The van der Waals surface area contributed by atoms with Gasteiger partial charge in [0.25, 0.3) is 0 Å². The van der Waals surface area contributed by atoms with Crippen LogP contribution < -0.4 is 0 Å². The molecule has 4 saturated carbocycles. The van der Waals surface area contributed by atoms with Gasteiger partial charge in [-0.05, 0) is 99.2 Å². The minimum absolute atomic E-state index is 0.0317. The molecule has 0 spiro atoms. The minimum Gasteiger partial charge on any atom is -0.481 e. The van der Waals surface area contributed by atoms with Crippen molar-refractivity contribution in [3.05, 3.63) is 0 Å². The number of rotatable bonds is 5. The zero-order valence-corrected chi connectivity index (χ0v) is 18.8. The highest BCUT2D eigenvalue weighted by atomic mass is 16.5. The number of fused-ring (bicyclic) bond motifs is 5. The lowest BCUT2D eigenvalue weighted by molar-refractivity contribution is -0.164. The van der Waals surface area contributed by atoms with Crippen molar-refractivity contribution in [3.8, 4) is 0 Å². The number of ether oxygens (including phenoxy) is 1. The first-order chi connectivity index (χ1) is 14.1. The maximum Gasteiger partial charge on any atom is 0.306 e. The molecule has 0 aromatic carbocycles. The first kappa shape index (κ1) is 21.8. The van der Waals surface area contributed by atoms with Gasteiger partial charge in [0.2, 0.25) is 0 Å². The van der Waals surface area contributed by atoms with Gasteiger partial charge in [0, 0.05) is 5.92 Å². The van der Waals surface area contributed by atoms with Crippen molar-refractivity contribution in [1.29, 1.82) is 0 Å². The summed E-state index contributed by atoms with van der Waals surface area (Å²) in [5.41, 5.74) is 0.510. The van der Waals surface area contributed by atoms with Crippen LogP contribution in [-0.2, 0) is 19.1 Å². The molecule has 4 rings (SSSR count). The van der Waals surface area contributed by atoms with Crippen LogP contribution in [0.4, 0.5) is 0 Å². The number of hydrogen-bond acceptors (Lipinski definition) is 4. The Labute approximate surface area is 180 Å². The van der Waals surface area contributed by atoms with Gasteiger partial charge in [0.15, 0.2) is 0 Å². The quantitative estimate of drug-likeness (QED) is 0.635. The molecule has 0 bridgehead atoms. The van der Waals surface area contributed by atoms with Crippen LogP contribution in [0.15, 0.2) is 0 Å². The van der Waals surface area contributed by atoms with Crippen LogP contribution in [0.25, 0.3) is 0 Å². The summed E-state index contributed by atoms with van der Waals surface area (Å²) in [6.07, 6.45) is 9.82. The molecule has 1 N–H and O–H groups in total. The van der Waals surface area contributed by atoms with E-state index in [9.17, 15) is 14.4 Å². The van der Waals surface area contributed by atoms with Gasteiger partial charge in [-0.25, -0.2) is 0 Å². The van der Waals surface area contributed by atoms with E-state index >= 15 is 0 Å². The van der Waals surface area contributed by atoms with E-state index in [0.717, 1.165) is 37.5 Å². The van der Waals surface area contributed by atoms with E-state index in [-0.39, 0.29) is 36.2 Å². The smallest absolute Gasteiger partial charge is 0.306 e. The molecule has 5 nitrogen and oxygen atoms in total. The highest BCUT2D eigenvalue weighted by Crippen LogP contribution is 2.67. The van der Waals surface area contributed by atoms with Crippen molar-refractivity contribution < 1.29 is 24.2 Å². The van der Waals surface area contributed by atoms with E-state index in [0.29, 0.717) is 23.0 Å². The molecular weight excluding hydrogens is 380 g/mol. The lowest BCUT2D eigenvalue weighted by atomic mass is 9.44. The third-order valence-electron chi connectivity index (χ3n) is 9.95. The van der Waals surface area contributed by atoms with Crippen molar-refractivity contribution >= 4 is 17.7 Å². The van der Waals surface area contributed by atoms with E-state index in [1.807, 2.05) is 0 Å². The van der Waals surface area contributed by atoms with Crippen molar-refractivity contribution in [2.75, 3.05) is 0 Å². The lowest BCUT2D eigenvalue weighted by Gasteiger charge is -2.61. The average Bonchev–Trinajstić information content (AvgIpc) is 3.04. The Morgan fingerprint density at radius 2 is 1.60 bits per heavy atom. The highest BCUT2D eigenvalue weighted by Gasteiger charge is 2.60. The van der Waals surface area contributed by atoms with Gasteiger partial charge in [-0.15, -0.1) is 0 Å². The van der Waals surface area contributed by atoms with Crippen molar-refractivity contribution in [2.45, 2.75) is 97.5 Å². The van der Waals surface area contributed by atoms with Crippen LogP contribution in [0.5, 0.6) is 0 Å². The summed E-state index contributed by atoms with van der Waals surface area (Å²) in [6, 6.07) is 0. The summed E-state index contributed by atoms with van der Waals surface area (Å²) in [4.78, 5) is 35.0. The van der Waals surface area contributed by atoms with Crippen LogP contribution in [0.3, 0.4) is 0 Å². The second-order valence-electron chi connectivity index (χ2n) is 11.2. The Hall–Kier alpha value is -1.39. The number of carbonyl (C=O) groups is 3. The van der Waals surface area contributed by atoms with Gasteiger partial charge in [0.05, 0.1) is 12.8 Å². The zero-order valence-electron chi connectivity index (χ0n) is 18.8. The van der Waals surface area contributed by atoms with E-state index in [4.69, 9.17) is 9.84 Å². The average molecular weight is 419 g/mol. The van der Waals surface area contributed by atoms with Gasteiger partial charge in [-0.2, -0.15) is 0 Å². The number of carbonyl (C=O) groups excluding carboxylic acids is 2. The molecule has 0 radical (unpaired) electrons. The largest absolute Gasteiger partial charge is 0.481 e. The number of Topliss-reactive ketones (excluding diaryl/α,β-unsaturated/α-hetero) is 1. The van der Waals surface area contributed by atoms with Gasteiger partial charge >= 0.3 is 11.9 Å². The van der Waals surface area contributed by atoms with Crippen LogP contribution in [0.2, 0.25) is 0 Å². The summed E-state index contributed by atoms with van der Waals surface area (Å²) >= 11 is 0. The Morgan fingerprint density at radius 1 is 0.900 bits per heavy atom. The third-order valence-corrected chi connectivity index (χ3v) is 9.95. The fraction of sp³-hybridized carbons (Fsp3) is 0.880. The summed E-state index contributed by atoms with van der Waals surface area (Å²) < 4.78 is 5.66. The number of hydrogen-bond donors (Lipinski definition) is 1. The highest BCUT2D eigenvalue weighted by molar-refractivity contribution is 5.79. The summed E-state index contributed by atoms with van der Waals surface area (Å²) in [7, 11) is 0. The van der Waals surface area contributed by atoms with E-state index in [2.05, 4.69) is 13.8 Å². The van der Waals surface area contributed by atoms with Crippen molar-refractivity contribution in [2.24, 2.45) is 40.4 Å². The predicted molar refractivity (Wildman–Crippen MR) is 113 cm³/mol. The molecule has 0 heterocycles. The first-order valence-corrected chi connectivity index (χ1v) is 12.1. The monoisotopic (exact) mass is 418 g/mol. The van der Waals surface area contributed by atoms with Gasteiger partial charge in [0.1, 0.15) is 11.9 Å². The lowest BCUT2D eigenvalue weighted by Crippen LogP contribution is -2.54. The molecule has 4 aliphatic rings. The number of aliphatic carboxylic acids is 1. The molecule has 0 amide bonds. The van der Waals surface area contributed by atoms with Crippen LogP contribution in [0.1, 0.15) is 91.4 Å². The van der Waals surface area contributed by atoms with Gasteiger partial charge < -0.3 is 9.84 Å². The molecule has 8 atom stereocenters. The standard InChI is InChI=1S/C25H38O5/c1-15(26)19-6-7-20-18-5-4-16-14-17(30-23(29)9-8-22(27)28)10-12-24(16,2)21(18)11-13-25(19,20)3/h16-21H,4-14H2,1-3H3,(H,27,28)/t16-,17-,18+,19?,20+,21+,24+,25-/m1/s1. The van der Waals surface area contributed by atoms with E-state index < -0.39 is 5.97 Å². The molecule has 0 aromatic heterocycles. The fourth-order valence-electron chi connectivity index (χ4n) is 8.45. The minimum atomic E-state index is -0.954. The molecule has 168 valence electrons. The van der Waals surface area contributed by atoms with Crippen molar-refractivity contribution in [3.63, 3.8) is 0 Å². The zero-order chi connectivity index (χ0) is 21.7. The normalized spacial score (nSPS) is 45.0. The molecule has 5 heteroatoms. The molecular formula is C25H38O5. The molecule has 0 aliphatic heterocycles. The molecule has 4 aliphatic carbocycles. The van der Waals surface area contributed by atoms with Crippen molar-refractivity contribution in [1.82, 2.24) is 0 Å². The Kier molecular flexibility index (Phi) is 5.78. The number of carboxylic acids is 1. The molecule has 1 unspecified atom stereocenters. The Morgan fingerprint density at radius 3 is 2.30 bits per heavy atom. The molecule has 30 heavy (non-hydrogen) atoms. The van der Waals surface area contributed by atoms with E-state index in [1.165, 1.54) is 32.1 Å². The molecule has 0 aromatic rings. The summed E-state index contributed by atoms with van der Waals surface area (Å²) in [5, 5.41) is 8.77. The van der Waals surface area contributed by atoms with Crippen LogP contribution >= 0.6 is 0 Å². The van der Waals surface area contributed by atoms with Gasteiger partial charge in [-0.1, -0.05) is 13.8 Å². The molecule has 0 saturated heterocycles. The summed E-state index contributed by atoms with van der Waals surface area (Å²) in [6.45, 7) is 6.67. The predicted octanol–water partition coefficient (Wildman–Crippen LogP) is 5.01. The van der Waals surface area contributed by atoms with E-state index in [1.54, 1.807) is 6.92 Å². The Balaban J connectivity index is 1.42.